The predicted molar refractivity (Wildman–Crippen MR) is 115 cm³/mol. The van der Waals surface area contributed by atoms with Crippen LogP contribution in [0.4, 0.5) is 0 Å². The Morgan fingerprint density at radius 2 is 1.97 bits per heavy atom. The molecule has 0 bridgehead atoms. The van der Waals surface area contributed by atoms with Gasteiger partial charge in [0.2, 0.25) is 0 Å². The Hall–Kier alpha value is -3.61. The highest BCUT2D eigenvalue weighted by atomic mass is 16.5. The van der Waals surface area contributed by atoms with Gasteiger partial charge in [-0.05, 0) is 62.7 Å². The lowest BCUT2D eigenvalue weighted by Crippen LogP contribution is -2.25. The molecule has 0 radical (unpaired) electrons. The number of nitrogens with one attached hydrogen (secondary N) is 1. The zero-order valence-corrected chi connectivity index (χ0v) is 17.2. The van der Waals surface area contributed by atoms with Gasteiger partial charge in [-0.1, -0.05) is 6.07 Å². The molecule has 3 aromatic heterocycles. The molecule has 154 valence electrons. The Morgan fingerprint density at radius 3 is 2.70 bits per heavy atom. The molecule has 0 spiro atoms. The highest BCUT2D eigenvalue weighted by Crippen LogP contribution is 2.15. The van der Waals surface area contributed by atoms with Crippen molar-refractivity contribution in [2.75, 3.05) is 6.54 Å². The fourth-order valence-corrected chi connectivity index (χ4v) is 3.35. The standard InChI is InChI=1S/C23H25N5O2/c1-17-14-18(2)28(26-17)13-5-11-24-23(29)19-7-9-21(10-8-19)30-16-20-15-27-12-4-3-6-22(27)25-20/h3-4,6-10,12,14-15H,5,11,13,16H2,1-2H3,(H,24,29). The maximum Gasteiger partial charge on any atom is 0.251 e. The van der Waals surface area contributed by atoms with Gasteiger partial charge in [0, 0.05) is 36.7 Å². The molecule has 30 heavy (non-hydrogen) atoms. The Labute approximate surface area is 175 Å². The number of aryl methyl sites for hydroxylation is 3. The number of nitrogens with zero attached hydrogens (tertiary/aromatic N) is 4. The Balaban J connectivity index is 1.24. The largest absolute Gasteiger partial charge is 0.487 e. The van der Waals surface area contributed by atoms with Crippen LogP contribution in [-0.2, 0) is 13.2 Å². The number of carbonyl (C=O) groups is 1. The number of aromatic nitrogens is 4. The number of hydrogen-bond donors (Lipinski definition) is 1. The Morgan fingerprint density at radius 1 is 1.13 bits per heavy atom. The number of rotatable bonds is 8. The molecule has 0 aliphatic heterocycles. The third-order valence-corrected chi connectivity index (χ3v) is 4.85. The minimum atomic E-state index is -0.0877. The highest BCUT2D eigenvalue weighted by Gasteiger charge is 2.07. The summed E-state index contributed by atoms with van der Waals surface area (Å²) in [5.41, 5.74) is 4.51. The number of pyridine rings is 1. The normalized spacial score (nSPS) is 11.0. The lowest BCUT2D eigenvalue weighted by Gasteiger charge is -2.08. The van der Waals surface area contributed by atoms with Crippen molar-refractivity contribution < 1.29 is 9.53 Å². The third kappa shape index (κ3) is 4.68. The van der Waals surface area contributed by atoms with E-state index < -0.39 is 0 Å². The van der Waals surface area contributed by atoms with Crippen molar-refractivity contribution in [3.8, 4) is 5.75 Å². The summed E-state index contributed by atoms with van der Waals surface area (Å²) in [7, 11) is 0. The minimum Gasteiger partial charge on any atom is -0.487 e. The first-order valence-electron chi connectivity index (χ1n) is 10.0. The lowest BCUT2D eigenvalue weighted by molar-refractivity contribution is 0.0952. The van der Waals surface area contributed by atoms with Crippen LogP contribution in [0.5, 0.6) is 5.75 Å². The van der Waals surface area contributed by atoms with Crippen LogP contribution in [-0.4, -0.2) is 31.6 Å². The summed E-state index contributed by atoms with van der Waals surface area (Å²) in [4.78, 5) is 16.8. The Kier molecular flexibility index (Phi) is 5.79. The quantitative estimate of drug-likeness (QED) is 0.457. The average Bonchev–Trinajstić information content (AvgIpc) is 3.31. The van der Waals surface area contributed by atoms with Crippen LogP contribution in [0.25, 0.3) is 5.65 Å². The molecule has 1 aromatic carbocycles. The fraction of sp³-hybridized carbons (Fsp3) is 0.261. The van der Waals surface area contributed by atoms with Gasteiger partial charge in [0.15, 0.2) is 0 Å². The van der Waals surface area contributed by atoms with E-state index in [9.17, 15) is 4.79 Å². The first-order valence-corrected chi connectivity index (χ1v) is 10.0. The van der Waals surface area contributed by atoms with Crippen LogP contribution in [0, 0.1) is 13.8 Å². The number of carbonyl (C=O) groups excluding carboxylic acids is 1. The maximum absolute atomic E-state index is 12.3. The SMILES string of the molecule is Cc1cc(C)n(CCCNC(=O)c2ccc(OCc3cn4ccccc4n3)cc2)n1. The summed E-state index contributed by atoms with van der Waals surface area (Å²) >= 11 is 0. The molecule has 0 aliphatic rings. The van der Waals surface area contributed by atoms with Gasteiger partial charge in [-0.3, -0.25) is 9.48 Å². The molecular formula is C23H25N5O2. The summed E-state index contributed by atoms with van der Waals surface area (Å²) in [5.74, 6) is 0.614. The van der Waals surface area contributed by atoms with Gasteiger partial charge in [0.25, 0.3) is 5.91 Å². The van der Waals surface area contributed by atoms with Crippen molar-refractivity contribution in [3.63, 3.8) is 0 Å². The smallest absolute Gasteiger partial charge is 0.251 e. The van der Waals surface area contributed by atoms with Crippen molar-refractivity contribution in [1.82, 2.24) is 24.5 Å². The van der Waals surface area contributed by atoms with Gasteiger partial charge >= 0.3 is 0 Å². The molecule has 0 unspecified atom stereocenters. The molecule has 3 heterocycles. The predicted octanol–water partition coefficient (Wildman–Crippen LogP) is 3.55. The van der Waals surface area contributed by atoms with Gasteiger partial charge in [-0.2, -0.15) is 5.10 Å². The number of hydrogen-bond acceptors (Lipinski definition) is 4. The molecule has 0 fully saturated rings. The van der Waals surface area contributed by atoms with Crippen molar-refractivity contribution >= 4 is 11.6 Å². The van der Waals surface area contributed by atoms with E-state index in [1.807, 2.05) is 53.5 Å². The van der Waals surface area contributed by atoms with E-state index >= 15 is 0 Å². The van der Waals surface area contributed by atoms with Gasteiger partial charge in [0.1, 0.15) is 18.0 Å². The monoisotopic (exact) mass is 403 g/mol. The van der Waals surface area contributed by atoms with Crippen LogP contribution in [0.2, 0.25) is 0 Å². The molecule has 1 amide bonds. The number of ether oxygens (including phenoxy) is 1. The van der Waals surface area contributed by atoms with E-state index in [4.69, 9.17) is 4.74 Å². The summed E-state index contributed by atoms with van der Waals surface area (Å²) in [6, 6.07) is 15.1. The van der Waals surface area contributed by atoms with E-state index in [2.05, 4.69) is 21.5 Å². The van der Waals surface area contributed by atoms with Crippen molar-refractivity contribution in [2.24, 2.45) is 0 Å². The molecule has 1 N–H and O–H groups in total. The van der Waals surface area contributed by atoms with E-state index in [0.717, 1.165) is 35.7 Å². The molecule has 0 saturated carbocycles. The number of imidazole rings is 1. The molecule has 0 saturated heterocycles. The van der Waals surface area contributed by atoms with Crippen LogP contribution in [0.1, 0.15) is 33.9 Å². The van der Waals surface area contributed by atoms with Crippen molar-refractivity contribution in [2.45, 2.75) is 33.4 Å². The molecule has 7 heteroatoms. The molecule has 0 atom stereocenters. The van der Waals surface area contributed by atoms with Gasteiger partial charge in [-0.25, -0.2) is 4.98 Å². The summed E-state index contributed by atoms with van der Waals surface area (Å²) < 4.78 is 9.73. The zero-order chi connectivity index (χ0) is 20.9. The van der Waals surface area contributed by atoms with Crippen molar-refractivity contribution in [3.05, 3.63) is 83.6 Å². The van der Waals surface area contributed by atoms with Crippen molar-refractivity contribution in [1.29, 1.82) is 0 Å². The van der Waals surface area contributed by atoms with Crippen LogP contribution < -0.4 is 10.1 Å². The second-order valence-electron chi connectivity index (χ2n) is 7.27. The first kappa shape index (κ1) is 19.7. The Bertz CT molecular complexity index is 1110. The second-order valence-corrected chi connectivity index (χ2v) is 7.27. The maximum atomic E-state index is 12.3. The average molecular weight is 403 g/mol. The number of fused-ring (bicyclic) bond motifs is 1. The second kappa shape index (κ2) is 8.82. The molecule has 4 aromatic rings. The number of amides is 1. The summed E-state index contributed by atoms with van der Waals surface area (Å²) in [6.07, 6.45) is 4.73. The topological polar surface area (TPSA) is 73.5 Å². The van der Waals surface area contributed by atoms with E-state index in [1.165, 1.54) is 0 Å². The molecule has 0 aliphatic carbocycles. The lowest BCUT2D eigenvalue weighted by atomic mass is 10.2. The molecule has 7 nitrogen and oxygen atoms in total. The summed E-state index contributed by atoms with van der Waals surface area (Å²) in [5, 5.41) is 7.38. The summed E-state index contributed by atoms with van der Waals surface area (Å²) in [6.45, 7) is 5.78. The fourth-order valence-electron chi connectivity index (χ4n) is 3.35. The van der Waals surface area contributed by atoms with E-state index in [0.29, 0.717) is 24.5 Å². The molecular weight excluding hydrogens is 378 g/mol. The first-order chi connectivity index (χ1) is 14.6. The van der Waals surface area contributed by atoms with E-state index in [-0.39, 0.29) is 5.91 Å². The van der Waals surface area contributed by atoms with E-state index in [1.54, 1.807) is 24.3 Å². The van der Waals surface area contributed by atoms with Gasteiger partial charge in [-0.15, -0.1) is 0 Å². The van der Waals surface area contributed by atoms with Crippen LogP contribution >= 0.6 is 0 Å². The molecule has 4 rings (SSSR count). The highest BCUT2D eigenvalue weighted by molar-refractivity contribution is 5.94. The van der Waals surface area contributed by atoms with Gasteiger partial charge < -0.3 is 14.5 Å². The van der Waals surface area contributed by atoms with Gasteiger partial charge in [0.05, 0.1) is 11.4 Å². The van der Waals surface area contributed by atoms with Crippen LogP contribution in [0.3, 0.4) is 0 Å². The third-order valence-electron chi connectivity index (χ3n) is 4.85. The van der Waals surface area contributed by atoms with Crippen LogP contribution in [0.15, 0.2) is 60.9 Å². The zero-order valence-electron chi connectivity index (χ0n) is 17.2. The number of benzene rings is 1. The minimum absolute atomic E-state index is 0.0877.